The van der Waals surface area contributed by atoms with E-state index in [-0.39, 0.29) is 17.4 Å². The first kappa shape index (κ1) is 38.0. The fourth-order valence-corrected chi connectivity index (χ4v) is 4.49. The lowest BCUT2D eigenvalue weighted by Gasteiger charge is -2.24. The number of nitrogens with one attached hydrogen (secondary N) is 3. The number of amides is 2. The Morgan fingerprint density at radius 1 is 0.717 bits per heavy atom. The molecule has 1 aliphatic rings. The van der Waals surface area contributed by atoms with Crippen LogP contribution in [0.25, 0.3) is 0 Å². The Morgan fingerprint density at radius 3 is 1.87 bits per heavy atom. The smallest absolute Gasteiger partial charge is 0.286 e. The van der Waals surface area contributed by atoms with Gasteiger partial charge in [-0.25, -0.2) is 0 Å². The van der Waals surface area contributed by atoms with Gasteiger partial charge in [0.15, 0.2) is 11.4 Å². The van der Waals surface area contributed by atoms with Crippen molar-refractivity contribution < 1.29 is 19.1 Å². The van der Waals surface area contributed by atoms with E-state index in [4.69, 9.17) is 4.74 Å². The lowest BCUT2D eigenvalue weighted by molar-refractivity contribution is -0.132. The molecule has 0 aromatic heterocycles. The second-order valence-electron chi connectivity index (χ2n) is 11.0. The molecule has 0 aliphatic carbocycles. The monoisotopic (exact) mass is 627 g/mol. The number of carbonyl (C=O) groups excluding carboxylic acids is 3. The van der Waals surface area contributed by atoms with Gasteiger partial charge in [0.05, 0.1) is 0 Å². The molecule has 2 rings (SSSR count). The molecular formula is C39H53N3O4. The number of ketones is 1. The van der Waals surface area contributed by atoms with Gasteiger partial charge in [-0.15, -0.1) is 0 Å². The molecule has 0 fully saturated rings. The molecule has 0 bridgehead atoms. The van der Waals surface area contributed by atoms with Crippen molar-refractivity contribution in [3.05, 3.63) is 121 Å². The number of hydrogen-bond acceptors (Lipinski definition) is 5. The van der Waals surface area contributed by atoms with Gasteiger partial charge in [-0.05, 0) is 64.8 Å². The Kier molecular flexibility index (Phi) is 19.9. The summed E-state index contributed by atoms with van der Waals surface area (Å²) in [5, 5.41) is 8.96. The fraction of sp³-hybridized carbons (Fsp3) is 0.410. The third kappa shape index (κ3) is 16.2. The van der Waals surface area contributed by atoms with Gasteiger partial charge < -0.3 is 20.7 Å². The molecule has 0 saturated heterocycles. The molecule has 1 unspecified atom stereocenters. The van der Waals surface area contributed by atoms with E-state index >= 15 is 0 Å². The van der Waals surface area contributed by atoms with Crippen molar-refractivity contribution in [1.82, 2.24) is 16.0 Å². The van der Waals surface area contributed by atoms with Gasteiger partial charge in [0.1, 0.15) is 0 Å². The number of rotatable bonds is 23. The van der Waals surface area contributed by atoms with Crippen LogP contribution in [0.2, 0.25) is 0 Å². The van der Waals surface area contributed by atoms with Crippen molar-refractivity contribution in [1.29, 1.82) is 0 Å². The summed E-state index contributed by atoms with van der Waals surface area (Å²) in [6, 6.07) is 9.15. The number of carbonyl (C=O) groups is 3. The van der Waals surface area contributed by atoms with E-state index in [1.807, 2.05) is 30.3 Å². The highest BCUT2D eigenvalue weighted by atomic mass is 16.5. The predicted molar refractivity (Wildman–Crippen MR) is 189 cm³/mol. The summed E-state index contributed by atoms with van der Waals surface area (Å²) < 4.78 is 5.76. The molecular weight excluding hydrogens is 574 g/mol. The number of hydrogen-bond donors (Lipinski definition) is 3. The minimum absolute atomic E-state index is 0.0306. The van der Waals surface area contributed by atoms with Crippen LogP contribution in [0, 0.1) is 0 Å². The number of allylic oxidation sites excluding steroid dienone is 12. The largest absolute Gasteiger partial charge is 0.469 e. The Hall–Kier alpha value is -4.23. The maximum absolute atomic E-state index is 12.5. The quantitative estimate of drug-likeness (QED) is 0.0891. The van der Waals surface area contributed by atoms with Gasteiger partial charge in [0.25, 0.3) is 5.91 Å². The van der Waals surface area contributed by atoms with Crippen molar-refractivity contribution >= 4 is 17.6 Å². The summed E-state index contributed by atoms with van der Waals surface area (Å²) in [5.41, 5.74) is -0.467. The number of ether oxygens (including phenoxy) is 1. The molecule has 3 N–H and O–H groups in total. The van der Waals surface area contributed by atoms with E-state index in [0.717, 1.165) is 51.4 Å². The highest BCUT2D eigenvalue weighted by Gasteiger charge is 2.43. The van der Waals surface area contributed by atoms with Crippen molar-refractivity contribution in [2.75, 3.05) is 26.2 Å². The van der Waals surface area contributed by atoms with E-state index in [9.17, 15) is 14.4 Å². The van der Waals surface area contributed by atoms with E-state index in [1.54, 1.807) is 6.92 Å². The zero-order chi connectivity index (χ0) is 33.1. The van der Waals surface area contributed by atoms with Crippen LogP contribution in [0.15, 0.2) is 115 Å². The maximum Gasteiger partial charge on any atom is 0.286 e. The normalized spacial score (nSPS) is 16.9. The van der Waals surface area contributed by atoms with Gasteiger partial charge in [0, 0.05) is 37.7 Å². The van der Waals surface area contributed by atoms with Crippen LogP contribution in [0.3, 0.4) is 0 Å². The highest BCUT2D eigenvalue weighted by Crippen LogP contribution is 2.34. The summed E-state index contributed by atoms with van der Waals surface area (Å²) in [6.45, 7) is 6.10. The summed E-state index contributed by atoms with van der Waals surface area (Å²) >= 11 is 0. The molecule has 46 heavy (non-hydrogen) atoms. The standard InChI is InChI=1S/C39H53N3O4/c1-3-4-5-6-7-8-9-10-11-12-13-14-15-16-17-18-19-20-24-28-37(44)41-30-25-29-40-31-32-42-38(45)35-33-36(43)39(2,46-35)34-26-22-21-23-27-34/h4-5,7-8,10-11,13-14,16-17,19-23,26-27,33,40H,3,6,9,12,15,18,24-25,28-32H2,1-2H3,(H,41,44)(H,42,45). The minimum Gasteiger partial charge on any atom is -0.469 e. The van der Waals surface area contributed by atoms with Crippen LogP contribution in [0.1, 0.15) is 77.2 Å². The first-order valence-electron chi connectivity index (χ1n) is 16.6. The molecule has 1 aliphatic heterocycles. The summed E-state index contributed by atoms with van der Waals surface area (Å²) in [5.74, 6) is -0.577. The SMILES string of the molecule is CCC=CCC=CCC=CCC=CCC=CCC=CCCC(=O)NCCCNCCNC(=O)C1=CC(=O)C(C)(c2ccccc2)O1. The van der Waals surface area contributed by atoms with Crippen molar-refractivity contribution in [2.45, 2.75) is 77.2 Å². The first-order valence-corrected chi connectivity index (χ1v) is 16.6. The second-order valence-corrected chi connectivity index (χ2v) is 11.0. The van der Waals surface area contributed by atoms with E-state index in [1.165, 1.54) is 6.08 Å². The molecule has 1 atom stereocenters. The van der Waals surface area contributed by atoms with Gasteiger partial charge in [-0.2, -0.15) is 0 Å². The predicted octanol–water partition coefficient (Wildman–Crippen LogP) is 7.08. The van der Waals surface area contributed by atoms with Gasteiger partial charge in [0.2, 0.25) is 11.7 Å². The molecule has 1 heterocycles. The molecule has 248 valence electrons. The van der Waals surface area contributed by atoms with Gasteiger partial charge in [-0.1, -0.05) is 110 Å². The third-order valence-electron chi connectivity index (χ3n) is 7.17. The lowest BCUT2D eigenvalue weighted by Crippen LogP contribution is -2.35. The second kappa shape index (κ2) is 24.1. The maximum atomic E-state index is 12.5. The van der Waals surface area contributed by atoms with Crippen LogP contribution in [-0.2, 0) is 24.7 Å². The van der Waals surface area contributed by atoms with E-state index in [2.05, 4.69) is 95.8 Å². The fourth-order valence-electron chi connectivity index (χ4n) is 4.49. The van der Waals surface area contributed by atoms with Crippen LogP contribution >= 0.6 is 0 Å². The Morgan fingerprint density at radius 2 is 1.28 bits per heavy atom. The summed E-state index contributed by atoms with van der Waals surface area (Å²) in [6.07, 6.45) is 35.2. The molecule has 2 amide bonds. The van der Waals surface area contributed by atoms with Crippen LogP contribution < -0.4 is 16.0 Å². The van der Waals surface area contributed by atoms with Crippen LogP contribution in [-0.4, -0.2) is 43.8 Å². The molecule has 0 radical (unpaired) electrons. The van der Waals surface area contributed by atoms with Gasteiger partial charge >= 0.3 is 0 Å². The molecule has 1 aromatic rings. The third-order valence-corrected chi connectivity index (χ3v) is 7.17. The zero-order valence-corrected chi connectivity index (χ0v) is 27.7. The molecule has 0 saturated carbocycles. The molecule has 0 spiro atoms. The molecule has 7 nitrogen and oxygen atoms in total. The number of benzene rings is 1. The topological polar surface area (TPSA) is 96.5 Å². The zero-order valence-electron chi connectivity index (χ0n) is 27.7. The molecule has 7 heteroatoms. The Balaban J connectivity index is 1.40. The average Bonchev–Trinajstić information content (AvgIpc) is 3.38. The van der Waals surface area contributed by atoms with Crippen molar-refractivity contribution in [3.8, 4) is 0 Å². The minimum atomic E-state index is -1.18. The summed E-state index contributed by atoms with van der Waals surface area (Å²) in [7, 11) is 0. The lowest BCUT2D eigenvalue weighted by atomic mass is 9.92. The van der Waals surface area contributed by atoms with Gasteiger partial charge in [-0.3, -0.25) is 14.4 Å². The Labute approximate surface area is 276 Å². The molecule has 1 aromatic carbocycles. The average molecular weight is 628 g/mol. The Bertz CT molecular complexity index is 1260. The summed E-state index contributed by atoms with van der Waals surface area (Å²) in [4.78, 5) is 37.0. The van der Waals surface area contributed by atoms with Crippen molar-refractivity contribution in [3.63, 3.8) is 0 Å². The van der Waals surface area contributed by atoms with E-state index < -0.39 is 11.5 Å². The van der Waals surface area contributed by atoms with Crippen molar-refractivity contribution in [2.24, 2.45) is 0 Å². The van der Waals surface area contributed by atoms with Crippen LogP contribution in [0.5, 0.6) is 0 Å². The van der Waals surface area contributed by atoms with E-state index in [0.29, 0.717) is 38.2 Å². The first-order chi connectivity index (χ1) is 22.5. The van der Waals surface area contributed by atoms with Crippen LogP contribution in [0.4, 0.5) is 0 Å². The highest BCUT2D eigenvalue weighted by molar-refractivity contribution is 6.07.